The minimum absolute atomic E-state index is 0.0254. The number of morpholine rings is 1. The van der Waals surface area contributed by atoms with Gasteiger partial charge in [-0.15, -0.1) is 0 Å². The minimum atomic E-state index is -0.283. The first kappa shape index (κ1) is 15.2. The summed E-state index contributed by atoms with van der Waals surface area (Å²) in [6, 6.07) is 7.77. The van der Waals surface area contributed by atoms with Crippen molar-refractivity contribution >= 4 is 27.9 Å². The van der Waals surface area contributed by atoms with Crippen molar-refractivity contribution in [3.05, 3.63) is 40.4 Å². The van der Waals surface area contributed by atoms with Gasteiger partial charge >= 0.3 is 0 Å². The van der Waals surface area contributed by atoms with Crippen molar-refractivity contribution in [3.63, 3.8) is 0 Å². The molecule has 1 saturated heterocycles. The SMILES string of the molecule is CC1COC(CO)CN1C(=O)/C=C/c1cccc(Br)c1. The second-order valence-corrected chi connectivity index (χ2v) is 5.78. The molecule has 5 heteroatoms. The van der Waals surface area contributed by atoms with Crippen LogP contribution in [0.25, 0.3) is 6.08 Å². The Bertz CT molecular complexity index is 504. The molecule has 1 fully saturated rings. The second kappa shape index (κ2) is 7.02. The maximum absolute atomic E-state index is 12.2. The van der Waals surface area contributed by atoms with E-state index in [1.165, 1.54) is 0 Å². The van der Waals surface area contributed by atoms with E-state index in [-0.39, 0.29) is 24.7 Å². The van der Waals surface area contributed by atoms with E-state index in [4.69, 9.17) is 9.84 Å². The number of halogens is 1. The first-order valence-corrected chi connectivity index (χ1v) is 7.36. The summed E-state index contributed by atoms with van der Waals surface area (Å²) in [5.74, 6) is -0.0563. The molecule has 0 saturated carbocycles. The topological polar surface area (TPSA) is 49.8 Å². The summed E-state index contributed by atoms with van der Waals surface area (Å²) in [5.41, 5.74) is 0.965. The van der Waals surface area contributed by atoms with Gasteiger partial charge < -0.3 is 14.7 Å². The normalized spacial score (nSPS) is 23.2. The number of aliphatic hydroxyl groups is 1. The molecule has 2 unspecified atom stereocenters. The van der Waals surface area contributed by atoms with E-state index in [2.05, 4.69) is 15.9 Å². The fourth-order valence-electron chi connectivity index (χ4n) is 2.11. The zero-order valence-corrected chi connectivity index (χ0v) is 12.9. The minimum Gasteiger partial charge on any atom is -0.394 e. The predicted octanol–water partition coefficient (Wildman–Crippen LogP) is 2.07. The number of amides is 1. The van der Waals surface area contributed by atoms with Crippen LogP contribution in [0.3, 0.4) is 0 Å². The van der Waals surface area contributed by atoms with Gasteiger partial charge in [-0.05, 0) is 30.7 Å². The molecule has 4 nitrogen and oxygen atoms in total. The highest BCUT2D eigenvalue weighted by atomic mass is 79.9. The lowest BCUT2D eigenvalue weighted by atomic mass is 10.1. The summed E-state index contributed by atoms with van der Waals surface area (Å²) < 4.78 is 6.40. The molecule has 108 valence electrons. The fourth-order valence-corrected chi connectivity index (χ4v) is 2.53. The van der Waals surface area contributed by atoms with E-state index in [0.29, 0.717) is 13.2 Å². The zero-order valence-electron chi connectivity index (χ0n) is 11.3. The highest BCUT2D eigenvalue weighted by Gasteiger charge is 2.27. The van der Waals surface area contributed by atoms with Gasteiger partial charge in [0.1, 0.15) is 0 Å². The van der Waals surface area contributed by atoms with E-state index >= 15 is 0 Å². The van der Waals surface area contributed by atoms with Crippen molar-refractivity contribution in [2.45, 2.75) is 19.1 Å². The first-order valence-electron chi connectivity index (χ1n) is 6.57. The number of aliphatic hydroxyl groups excluding tert-OH is 1. The van der Waals surface area contributed by atoms with Crippen LogP contribution in [-0.2, 0) is 9.53 Å². The Balaban J connectivity index is 2.03. The number of nitrogens with zero attached hydrogens (tertiary/aromatic N) is 1. The maximum atomic E-state index is 12.2. The number of hydrogen-bond donors (Lipinski definition) is 1. The lowest BCUT2D eigenvalue weighted by molar-refractivity contribution is -0.140. The predicted molar refractivity (Wildman–Crippen MR) is 81.2 cm³/mol. The van der Waals surface area contributed by atoms with Gasteiger partial charge in [-0.25, -0.2) is 0 Å². The number of ether oxygens (including phenoxy) is 1. The summed E-state index contributed by atoms with van der Waals surface area (Å²) in [5, 5.41) is 9.13. The Kier molecular flexibility index (Phi) is 5.34. The third-order valence-corrected chi connectivity index (χ3v) is 3.75. The van der Waals surface area contributed by atoms with Crippen molar-refractivity contribution in [2.75, 3.05) is 19.8 Å². The molecule has 1 aliphatic rings. The van der Waals surface area contributed by atoms with Gasteiger partial charge in [-0.2, -0.15) is 0 Å². The largest absolute Gasteiger partial charge is 0.394 e. The van der Waals surface area contributed by atoms with Crippen LogP contribution in [0.4, 0.5) is 0 Å². The smallest absolute Gasteiger partial charge is 0.246 e. The lowest BCUT2D eigenvalue weighted by Crippen LogP contribution is -2.51. The highest BCUT2D eigenvalue weighted by Crippen LogP contribution is 2.15. The molecular weight excluding hydrogens is 322 g/mol. The van der Waals surface area contributed by atoms with Crippen LogP contribution in [0.1, 0.15) is 12.5 Å². The van der Waals surface area contributed by atoms with Gasteiger partial charge in [0.15, 0.2) is 0 Å². The quantitative estimate of drug-likeness (QED) is 0.857. The van der Waals surface area contributed by atoms with Crippen LogP contribution in [-0.4, -0.2) is 47.8 Å². The van der Waals surface area contributed by atoms with Crippen molar-refractivity contribution in [1.82, 2.24) is 4.90 Å². The summed E-state index contributed by atoms with van der Waals surface area (Å²) in [4.78, 5) is 14.0. The average Bonchev–Trinajstić information content (AvgIpc) is 2.45. The molecule has 20 heavy (non-hydrogen) atoms. The van der Waals surface area contributed by atoms with E-state index in [0.717, 1.165) is 10.0 Å². The molecule has 1 heterocycles. The Morgan fingerprint density at radius 3 is 3.10 bits per heavy atom. The molecule has 2 rings (SSSR count). The van der Waals surface area contributed by atoms with Gasteiger partial charge in [-0.3, -0.25) is 4.79 Å². The number of hydrogen-bond acceptors (Lipinski definition) is 3. The van der Waals surface area contributed by atoms with E-state index in [1.54, 1.807) is 17.1 Å². The molecule has 0 aliphatic carbocycles. The van der Waals surface area contributed by atoms with E-state index < -0.39 is 0 Å². The third-order valence-electron chi connectivity index (χ3n) is 3.26. The van der Waals surface area contributed by atoms with Gasteiger partial charge in [0.05, 0.1) is 25.4 Å². The lowest BCUT2D eigenvalue weighted by Gasteiger charge is -2.36. The summed E-state index contributed by atoms with van der Waals surface area (Å²) in [7, 11) is 0. The zero-order chi connectivity index (χ0) is 14.5. The van der Waals surface area contributed by atoms with E-state index in [9.17, 15) is 4.79 Å². The third kappa shape index (κ3) is 3.91. The first-order chi connectivity index (χ1) is 9.60. The Labute approximate surface area is 127 Å². The molecule has 1 N–H and O–H groups in total. The molecular formula is C15H18BrNO3. The highest BCUT2D eigenvalue weighted by molar-refractivity contribution is 9.10. The van der Waals surface area contributed by atoms with E-state index in [1.807, 2.05) is 31.2 Å². The monoisotopic (exact) mass is 339 g/mol. The molecule has 0 spiro atoms. The van der Waals surface area contributed by atoms with Crippen LogP contribution in [0.15, 0.2) is 34.8 Å². The Morgan fingerprint density at radius 2 is 2.40 bits per heavy atom. The number of carbonyl (C=O) groups excluding carboxylic acids is 1. The second-order valence-electron chi connectivity index (χ2n) is 4.87. The van der Waals surface area contributed by atoms with Crippen molar-refractivity contribution in [2.24, 2.45) is 0 Å². The average molecular weight is 340 g/mol. The van der Waals surface area contributed by atoms with Crippen molar-refractivity contribution in [3.8, 4) is 0 Å². The molecule has 1 aromatic rings. The molecule has 0 radical (unpaired) electrons. The fraction of sp³-hybridized carbons (Fsp3) is 0.400. The van der Waals surface area contributed by atoms with Crippen LogP contribution >= 0.6 is 15.9 Å². The molecule has 1 aliphatic heterocycles. The van der Waals surface area contributed by atoms with Gasteiger partial charge in [-0.1, -0.05) is 28.1 Å². The van der Waals surface area contributed by atoms with Crippen molar-refractivity contribution < 1.29 is 14.6 Å². The Morgan fingerprint density at radius 1 is 1.60 bits per heavy atom. The van der Waals surface area contributed by atoms with Crippen LogP contribution < -0.4 is 0 Å². The molecule has 0 aromatic heterocycles. The van der Waals surface area contributed by atoms with Gasteiger partial charge in [0.25, 0.3) is 0 Å². The van der Waals surface area contributed by atoms with Gasteiger partial charge in [0.2, 0.25) is 5.91 Å². The molecule has 1 amide bonds. The molecule has 0 bridgehead atoms. The van der Waals surface area contributed by atoms with Crippen LogP contribution in [0.2, 0.25) is 0 Å². The standard InChI is InChI=1S/C15H18BrNO3/c1-11-10-20-14(9-18)8-17(11)15(19)6-5-12-3-2-4-13(16)7-12/h2-7,11,14,18H,8-10H2,1H3/b6-5+. The number of carbonyl (C=O) groups is 1. The summed E-state index contributed by atoms with van der Waals surface area (Å²) >= 11 is 3.40. The van der Waals surface area contributed by atoms with Gasteiger partial charge in [0, 0.05) is 17.1 Å². The number of rotatable bonds is 3. The molecule has 1 aromatic carbocycles. The molecule has 2 atom stereocenters. The van der Waals surface area contributed by atoms with Crippen LogP contribution in [0, 0.1) is 0 Å². The number of benzene rings is 1. The van der Waals surface area contributed by atoms with Crippen molar-refractivity contribution in [1.29, 1.82) is 0 Å². The summed E-state index contributed by atoms with van der Waals surface area (Å²) in [6.45, 7) is 2.77. The maximum Gasteiger partial charge on any atom is 0.246 e. The Hall–Kier alpha value is -1.17. The summed E-state index contributed by atoms with van der Waals surface area (Å²) in [6.07, 6.45) is 3.08. The van der Waals surface area contributed by atoms with Crippen LogP contribution in [0.5, 0.6) is 0 Å².